The van der Waals surface area contributed by atoms with Crippen molar-refractivity contribution >= 4 is 50.0 Å². The molecule has 1 nitrogen and oxygen atoms in total. The highest BCUT2D eigenvalue weighted by molar-refractivity contribution is 7.34. The topological polar surface area (TPSA) is 12.9 Å². The molecule has 0 amide bonds. The Morgan fingerprint density at radius 2 is 1.49 bits per heavy atom. The molecule has 0 fully saturated rings. The molecule has 5 rings (SSSR count). The van der Waals surface area contributed by atoms with Crippen molar-refractivity contribution in [2.24, 2.45) is 5.41 Å². The molecule has 0 unspecified atom stereocenters. The summed E-state index contributed by atoms with van der Waals surface area (Å²) in [6.45, 7) is 16.2. The Morgan fingerprint density at radius 3 is 2.12 bits per heavy atom. The van der Waals surface area contributed by atoms with Gasteiger partial charge in [0.2, 0.25) is 0 Å². The smallest absolute Gasteiger partial charge is 0.255 e. The van der Waals surface area contributed by atoms with Gasteiger partial charge in [-0.25, -0.2) is 0 Å². The summed E-state index contributed by atoms with van der Waals surface area (Å²) in [5.41, 5.74) is 3.66. The second-order valence-electron chi connectivity index (χ2n) is 13.5. The van der Waals surface area contributed by atoms with E-state index in [9.17, 15) is 13.2 Å². The van der Waals surface area contributed by atoms with Crippen LogP contribution in [0.4, 0.5) is 13.2 Å². The van der Waals surface area contributed by atoms with Crippen LogP contribution in [0.25, 0.3) is 32.1 Å². The third-order valence-electron chi connectivity index (χ3n) is 8.45. The lowest BCUT2D eigenvalue weighted by Crippen LogP contribution is -2.52. The molecule has 0 N–H and O–H groups in total. The molecule has 214 valence electrons. The van der Waals surface area contributed by atoms with E-state index in [1.807, 2.05) is 29.7 Å². The first-order chi connectivity index (χ1) is 19.0. The molecule has 6 heteroatoms. The van der Waals surface area contributed by atoms with Crippen LogP contribution < -0.4 is 9.69 Å². The number of benzene rings is 3. The molecule has 41 heavy (non-hydrogen) atoms. The Kier molecular flexibility index (Phi) is 7.27. The normalized spacial score (nSPS) is 13.3. The number of aromatic nitrogens is 1. The van der Waals surface area contributed by atoms with Crippen LogP contribution in [-0.2, 0) is 11.8 Å². The summed E-state index contributed by atoms with van der Waals surface area (Å²) in [4.78, 5) is 4.92. The maximum absolute atomic E-state index is 13.5. The predicted octanol–water partition coefficient (Wildman–Crippen LogP) is 9.68. The van der Waals surface area contributed by atoms with Crippen molar-refractivity contribution in [2.45, 2.75) is 72.6 Å². The Balaban J connectivity index is 1.59. The van der Waals surface area contributed by atoms with Crippen molar-refractivity contribution in [3.8, 4) is 11.3 Å². The number of thiophene rings is 1. The van der Waals surface area contributed by atoms with E-state index in [-0.39, 0.29) is 11.8 Å². The zero-order chi connectivity index (χ0) is 30.0. The summed E-state index contributed by atoms with van der Waals surface area (Å²) in [5, 5.41) is 4.93. The summed E-state index contributed by atoms with van der Waals surface area (Å²) < 4.78 is 43.0. The Labute approximate surface area is 246 Å². The van der Waals surface area contributed by atoms with Crippen LogP contribution in [0.2, 0.25) is 13.1 Å². The first-order valence-electron chi connectivity index (χ1n) is 14.1. The quantitative estimate of drug-likeness (QED) is 0.186. The summed E-state index contributed by atoms with van der Waals surface area (Å²) in [6.07, 6.45) is -2.35. The molecule has 0 radical (unpaired) electrons. The first-order valence-corrected chi connectivity index (χ1v) is 17.9. The number of hydrogen-bond acceptors (Lipinski definition) is 2. The van der Waals surface area contributed by atoms with Gasteiger partial charge in [-0.05, 0) is 74.3 Å². The predicted molar refractivity (Wildman–Crippen MR) is 173 cm³/mol. The van der Waals surface area contributed by atoms with Gasteiger partial charge in [-0.15, -0.1) is 11.3 Å². The van der Waals surface area contributed by atoms with Crippen molar-refractivity contribution in [3.05, 3.63) is 89.6 Å². The van der Waals surface area contributed by atoms with Gasteiger partial charge in [-0.2, -0.15) is 13.2 Å². The van der Waals surface area contributed by atoms with E-state index in [2.05, 4.69) is 95.4 Å². The summed E-state index contributed by atoms with van der Waals surface area (Å²) in [7, 11) is -2.14. The number of aryl methyl sites for hydroxylation is 1. The fourth-order valence-corrected chi connectivity index (χ4v) is 10.9. The van der Waals surface area contributed by atoms with Gasteiger partial charge in [0, 0.05) is 11.8 Å². The molecule has 3 aromatic carbocycles. The Bertz CT molecular complexity index is 1740. The van der Waals surface area contributed by atoms with Crippen molar-refractivity contribution < 1.29 is 13.2 Å². The number of halogens is 3. The monoisotopic (exact) mass is 589 g/mol. The molecule has 0 bridgehead atoms. The zero-order valence-electron chi connectivity index (χ0n) is 25.1. The summed E-state index contributed by atoms with van der Waals surface area (Å²) >= 11 is 1.83. The van der Waals surface area contributed by atoms with Crippen LogP contribution in [0.3, 0.4) is 0 Å². The highest BCUT2D eigenvalue weighted by atomic mass is 32.1. The molecular weight excluding hydrogens is 552 g/mol. The van der Waals surface area contributed by atoms with E-state index in [1.165, 1.54) is 55.5 Å². The number of fused-ring (bicyclic) bond motifs is 2. The summed E-state index contributed by atoms with van der Waals surface area (Å²) in [6, 6.07) is 23.1. The van der Waals surface area contributed by atoms with Crippen molar-refractivity contribution in [1.82, 2.24) is 4.98 Å². The molecule has 0 aliphatic heterocycles. The molecular formula is C35H38F3NSSi. The van der Waals surface area contributed by atoms with Gasteiger partial charge >= 0.3 is 6.18 Å². The van der Waals surface area contributed by atoms with E-state index in [4.69, 9.17) is 4.98 Å². The lowest BCUT2D eigenvalue weighted by Gasteiger charge is -2.28. The molecule has 0 saturated heterocycles. The van der Waals surface area contributed by atoms with Gasteiger partial charge in [0.15, 0.2) is 0 Å². The van der Waals surface area contributed by atoms with Crippen molar-refractivity contribution in [1.29, 1.82) is 0 Å². The number of rotatable bonds is 5. The molecule has 0 saturated carbocycles. The van der Waals surface area contributed by atoms with Gasteiger partial charge in [0.25, 0.3) is 0 Å². The average molecular weight is 590 g/mol. The average Bonchev–Trinajstić information content (AvgIpc) is 3.24. The maximum atomic E-state index is 13.5. The van der Waals surface area contributed by atoms with E-state index in [1.54, 1.807) is 0 Å². The van der Waals surface area contributed by atoms with Gasteiger partial charge in [-0.3, -0.25) is 4.98 Å². The van der Waals surface area contributed by atoms with Gasteiger partial charge < -0.3 is 0 Å². The molecule has 0 aliphatic carbocycles. The summed E-state index contributed by atoms with van der Waals surface area (Å²) in [5.74, 6) is 0. The molecule has 2 aromatic heterocycles. The zero-order valence-corrected chi connectivity index (χ0v) is 26.9. The van der Waals surface area contributed by atoms with E-state index >= 15 is 0 Å². The molecule has 0 atom stereocenters. The van der Waals surface area contributed by atoms with E-state index in [0.29, 0.717) is 5.56 Å². The minimum absolute atomic E-state index is 0.0174. The fourth-order valence-electron chi connectivity index (χ4n) is 5.80. The number of pyridine rings is 1. The third-order valence-corrected chi connectivity index (χ3v) is 14.7. The molecule has 0 spiro atoms. The molecule has 2 heterocycles. The highest BCUT2D eigenvalue weighted by Gasteiger charge is 2.47. The van der Waals surface area contributed by atoms with Gasteiger partial charge in [0.1, 0.15) is 8.07 Å². The van der Waals surface area contributed by atoms with Crippen LogP contribution in [0, 0.1) is 12.3 Å². The van der Waals surface area contributed by atoms with E-state index < -0.39 is 19.7 Å². The second kappa shape index (κ2) is 10.1. The van der Waals surface area contributed by atoms with Gasteiger partial charge in [0.05, 0.1) is 15.8 Å². The standard InChI is InChI=1S/C35H38F3NSSi/c1-22-27-17-18-39-30(25-19-24-11-9-10-12-28(24)29(20-25)33(2,3)4)31(27)40-32(22)41(7,8)26-15-13-23(14-16-26)21-34(5,6)35(36,37)38/h9-20H,21H2,1-8H3. The minimum atomic E-state index is -4.24. The van der Waals surface area contributed by atoms with E-state index in [0.717, 1.165) is 11.3 Å². The number of hydrogen-bond donors (Lipinski definition) is 0. The minimum Gasteiger partial charge on any atom is -0.255 e. The highest BCUT2D eigenvalue weighted by Crippen LogP contribution is 2.41. The van der Waals surface area contributed by atoms with Crippen molar-refractivity contribution in [3.63, 3.8) is 0 Å². The molecule has 5 aromatic rings. The fraction of sp³-hybridized carbons (Fsp3) is 0.343. The van der Waals surface area contributed by atoms with Crippen LogP contribution in [0.1, 0.15) is 51.3 Å². The molecule has 0 aliphatic rings. The van der Waals surface area contributed by atoms with Crippen LogP contribution in [-0.4, -0.2) is 19.2 Å². The second-order valence-corrected chi connectivity index (χ2v) is 19.2. The largest absolute Gasteiger partial charge is 0.394 e. The third kappa shape index (κ3) is 5.37. The first kappa shape index (κ1) is 29.5. The number of alkyl halides is 3. The number of nitrogens with zero attached hydrogens (tertiary/aromatic N) is 1. The Hall–Kier alpha value is -2.96. The maximum Gasteiger partial charge on any atom is 0.394 e. The van der Waals surface area contributed by atoms with Gasteiger partial charge in [-0.1, -0.05) is 101 Å². The lowest BCUT2D eigenvalue weighted by atomic mass is 9.82. The SMILES string of the molecule is Cc1c([Si](C)(C)c2ccc(CC(C)(C)C(F)(F)F)cc2)sc2c(-c3cc(C(C)(C)C)c4ccccc4c3)nccc12. The van der Waals surface area contributed by atoms with Crippen LogP contribution >= 0.6 is 11.3 Å². The van der Waals surface area contributed by atoms with Crippen LogP contribution in [0.15, 0.2) is 72.9 Å². The van der Waals surface area contributed by atoms with Crippen LogP contribution in [0.5, 0.6) is 0 Å². The van der Waals surface area contributed by atoms with Crippen molar-refractivity contribution in [2.75, 3.05) is 0 Å². The lowest BCUT2D eigenvalue weighted by molar-refractivity contribution is -0.211. The Morgan fingerprint density at radius 1 is 0.829 bits per heavy atom.